The maximum absolute atomic E-state index is 8.81. The van der Waals surface area contributed by atoms with Crippen LogP contribution in [0.25, 0.3) is 0 Å². The molecule has 1 aromatic carbocycles. The van der Waals surface area contributed by atoms with Crippen LogP contribution < -0.4 is 10.5 Å². The number of rotatable bonds is 4. The van der Waals surface area contributed by atoms with Gasteiger partial charge in [-0.15, -0.1) is 12.4 Å². The lowest BCUT2D eigenvalue weighted by Crippen LogP contribution is -2.26. The Hall–Kier alpha value is -0.480. The fourth-order valence-electron chi connectivity index (χ4n) is 1.22. The Kier molecular flexibility index (Phi) is 6.68. The summed E-state index contributed by atoms with van der Waals surface area (Å²) in [6.45, 7) is -0.0481. The number of benzene rings is 1. The van der Waals surface area contributed by atoms with Crippen LogP contribution in [0.5, 0.6) is 5.75 Å². The zero-order chi connectivity index (χ0) is 10.6. The molecule has 1 aromatic rings. The van der Waals surface area contributed by atoms with E-state index in [0.717, 1.165) is 5.56 Å². The normalized spacial score (nSPS) is 11.7. The van der Waals surface area contributed by atoms with Gasteiger partial charge in [-0.25, -0.2) is 0 Å². The summed E-state index contributed by atoms with van der Waals surface area (Å²) in [6, 6.07) is 5.24. The molecule has 3 nitrogen and oxygen atoms in total. The Morgan fingerprint density at radius 3 is 2.73 bits per heavy atom. The molecule has 0 aliphatic rings. The standard InChI is InChI=1S/C10H14ClNO2.ClH/c1-14-9-4-2-3-7(10(9)11)5-8(12)6-13;/h2-4,8,13H,5-6,12H2,1H3;1H. The highest BCUT2D eigenvalue weighted by molar-refractivity contribution is 6.32. The second-order valence-corrected chi connectivity index (χ2v) is 3.46. The van der Waals surface area contributed by atoms with Gasteiger partial charge in [0.05, 0.1) is 18.7 Å². The predicted octanol–water partition coefficient (Wildman–Crippen LogP) is 1.63. The van der Waals surface area contributed by atoms with Crippen molar-refractivity contribution in [2.24, 2.45) is 5.73 Å². The Morgan fingerprint density at radius 1 is 1.53 bits per heavy atom. The van der Waals surface area contributed by atoms with Gasteiger partial charge < -0.3 is 15.6 Å². The number of nitrogens with two attached hydrogens (primary N) is 1. The molecular formula is C10H15Cl2NO2. The molecule has 1 atom stereocenters. The summed E-state index contributed by atoms with van der Waals surface area (Å²) in [7, 11) is 1.57. The third kappa shape index (κ3) is 3.87. The maximum Gasteiger partial charge on any atom is 0.137 e. The SMILES string of the molecule is COc1cccc(CC(N)CO)c1Cl.Cl. The molecule has 0 saturated heterocycles. The van der Waals surface area contributed by atoms with E-state index in [0.29, 0.717) is 17.2 Å². The first-order chi connectivity index (χ1) is 6.69. The molecular weight excluding hydrogens is 237 g/mol. The molecule has 1 unspecified atom stereocenters. The van der Waals surface area contributed by atoms with Crippen LogP contribution in [0.4, 0.5) is 0 Å². The van der Waals surface area contributed by atoms with Crippen LogP contribution in [0.3, 0.4) is 0 Å². The molecule has 0 bridgehead atoms. The summed E-state index contributed by atoms with van der Waals surface area (Å²) in [5, 5.41) is 9.38. The van der Waals surface area contributed by atoms with Crippen molar-refractivity contribution in [3.05, 3.63) is 28.8 Å². The quantitative estimate of drug-likeness (QED) is 0.856. The summed E-state index contributed by atoms with van der Waals surface area (Å²) < 4.78 is 5.07. The largest absolute Gasteiger partial charge is 0.495 e. The molecule has 5 heteroatoms. The van der Waals surface area contributed by atoms with Crippen molar-refractivity contribution in [3.8, 4) is 5.75 Å². The van der Waals surface area contributed by atoms with Crippen molar-refractivity contribution < 1.29 is 9.84 Å². The number of hydrogen-bond donors (Lipinski definition) is 2. The first-order valence-electron chi connectivity index (χ1n) is 4.36. The lowest BCUT2D eigenvalue weighted by molar-refractivity contribution is 0.265. The Morgan fingerprint density at radius 2 is 2.20 bits per heavy atom. The van der Waals surface area contributed by atoms with Crippen LogP contribution in [0.2, 0.25) is 5.02 Å². The second kappa shape index (κ2) is 6.90. The zero-order valence-corrected chi connectivity index (χ0v) is 10.0. The summed E-state index contributed by atoms with van der Waals surface area (Å²) in [5.74, 6) is 0.634. The number of hydrogen-bond acceptors (Lipinski definition) is 3. The number of aliphatic hydroxyl groups excluding tert-OH is 1. The fraction of sp³-hybridized carbons (Fsp3) is 0.400. The number of halogens is 2. The van der Waals surface area contributed by atoms with Gasteiger partial charge >= 0.3 is 0 Å². The minimum Gasteiger partial charge on any atom is -0.495 e. The topological polar surface area (TPSA) is 55.5 Å². The maximum atomic E-state index is 8.81. The van der Waals surface area contributed by atoms with Gasteiger partial charge in [0.2, 0.25) is 0 Å². The molecule has 15 heavy (non-hydrogen) atoms. The van der Waals surface area contributed by atoms with Gasteiger partial charge in [0.25, 0.3) is 0 Å². The van der Waals surface area contributed by atoms with Gasteiger partial charge in [-0.2, -0.15) is 0 Å². The van der Waals surface area contributed by atoms with Crippen molar-refractivity contribution in [1.29, 1.82) is 0 Å². The molecule has 0 amide bonds. The van der Waals surface area contributed by atoms with Gasteiger partial charge in [-0.3, -0.25) is 0 Å². The van der Waals surface area contributed by atoms with Crippen molar-refractivity contribution in [3.63, 3.8) is 0 Å². The molecule has 0 aliphatic carbocycles. The van der Waals surface area contributed by atoms with E-state index in [2.05, 4.69) is 0 Å². The van der Waals surface area contributed by atoms with Crippen LogP contribution in [-0.2, 0) is 6.42 Å². The Bertz CT molecular complexity index is 307. The monoisotopic (exact) mass is 251 g/mol. The van der Waals surface area contributed by atoms with E-state index in [4.69, 9.17) is 27.2 Å². The highest BCUT2D eigenvalue weighted by Gasteiger charge is 2.09. The first kappa shape index (κ1) is 14.5. The average Bonchev–Trinajstić information content (AvgIpc) is 2.21. The van der Waals surface area contributed by atoms with Crippen LogP contribution in [0.15, 0.2) is 18.2 Å². The van der Waals surface area contributed by atoms with Crippen molar-refractivity contribution in [2.75, 3.05) is 13.7 Å². The minimum atomic E-state index is -0.278. The zero-order valence-electron chi connectivity index (χ0n) is 8.44. The number of ether oxygens (including phenoxy) is 1. The minimum absolute atomic E-state index is 0. The Balaban J connectivity index is 0.00000196. The van der Waals surface area contributed by atoms with E-state index in [1.165, 1.54) is 0 Å². The molecule has 0 aromatic heterocycles. The van der Waals surface area contributed by atoms with Crippen LogP contribution in [0.1, 0.15) is 5.56 Å². The van der Waals surface area contributed by atoms with Gasteiger partial charge in [-0.05, 0) is 18.1 Å². The summed E-state index contributed by atoms with van der Waals surface area (Å²) in [5.41, 5.74) is 6.51. The molecule has 0 heterocycles. The van der Waals surface area contributed by atoms with Gasteiger partial charge in [0, 0.05) is 6.04 Å². The Labute approximate surface area is 101 Å². The fourth-order valence-corrected chi connectivity index (χ4v) is 1.50. The van der Waals surface area contributed by atoms with E-state index in [1.807, 2.05) is 12.1 Å². The number of methoxy groups -OCH3 is 1. The van der Waals surface area contributed by atoms with E-state index in [9.17, 15) is 0 Å². The smallest absolute Gasteiger partial charge is 0.137 e. The average molecular weight is 252 g/mol. The lowest BCUT2D eigenvalue weighted by Gasteiger charge is -2.11. The van der Waals surface area contributed by atoms with E-state index in [-0.39, 0.29) is 25.1 Å². The van der Waals surface area contributed by atoms with Gasteiger partial charge in [0.15, 0.2) is 0 Å². The molecule has 1 rings (SSSR count). The van der Waals surface area contributed by atoms with Gasteiger partial charge in [0.1, 0.15) is 5.75 Å². The third-order valence-corrected chi connectivity index (χ3v) is 2.41. The summed E-state index contributed by atoms with van der Waals surface area (Å²) in [4.78, 5) is 0. The van der Waals surface area contributed by atoms with Crippen LogP contribution in [0, 0.1) is 0 Å². The van der Waals surface area contributed by atoms with Crippen molar-refractivity contribution in [1.82, 2.24) is 0 Å². The molecule has 86 valence electrons. The molecule has 0 saturated carbocycles. The highest BCUT2D eigenvalue weighted by atomic mass is 35.5. The number of aliphatic hydroxyl groups is 1. The molecule has 3 N–H and O–H groups in total. The van der Waals surface area contributed by atoms with E-state index < -0.39 is 0 Å². The summed E-state index contributed by atoms with van der Waals surface area (Å²) >= 11 is 6.05. The summed E-state index contributed by atoms with van der Waals surface area (Å²) in [6.07, 6.45) is 0.548. The van der Waals surface area contributed by atoms with Crippen molar-refractivity contribution in [2.45, 2.75) is 12.5 Å². The molecule has 0 spiro atoms. The molecule has 0 aliphatic heterocycles. The third-order valence-electron chi connectivity index (χ3n) is 1.98. The first-order valence-corrected chi connectivity index (χ1v) is 4.74. The second-order valence-electron chi connectivity index (χ2n) is 3.08. The van der Waals surface area contributed by atoms with Crippen LogP contribution in [-0.4, -0.2) is 24.9 Å². The van der Waals surface area contributed by atoms with Crippen molar-refractivity contribution >= 4 is 24.0 Å². The van der Waals surface area contributed by atoms with Crippen LogP contribution >= 0.6 is 24.0 Å². The predicted molar refractivity (Wildman–Crippen MR) is 64.0 cm³/mol. The van der Waals surface area contributed by atoms with E-state index in [1.54, 1.807) is 13.2 Å². The van der Waals surface area contributed by atoms with Gasteiger partial charge in [-0.1, -0.05) is 23.7 Å². The molecule has 0 fully saturated rings. The lowest BCUT2D eigenvalue weighted by atomic mass is 10.1. The highest BCUT2D eigenvalue weighted by Crippen LogP contribution is 2.28. The molecule has 0 radical (unpaired) electrons. The van der Waals surface area contributed by atoms with E-state index >= 15 is 0 Å².